The molecule has 0 aliphatic rings. The molecule has 4 aromatic heterocycles. The van der Waals surface area contributed by atoms with Crippen LogP contribution in [0.1, 0.15) is 5.56 Å². The van der Waals surface area contributed by atoms with E-state index in [0.717, 1.165) is 33.3 Å². The Bertz CT molecular complexity index is 1450. The van der Waals surface area contributed by atoms with Gasteiger partial charge >= 0.3 is 0 Å². The van der Waals surface area contributed by atoms with Gasteiger partial charge in [0.15, 0.2) is 0 Å². The number of pyridine rings is 1. The summed E-state index contributed by atoms with van der Waals surface area (Å²) in [5, 5.41) is 13.6. The Morgan fingerprint density at radius 3 is 2.55 bits per heavy atom. The predicted molar refractivity (Wildman–Crippen MR) is 115 cm³/mol. The summed E-state index contributed by atoms with van der Waals surface area (Å²) >= 11 is 0. The summed E-state index contributed by atoms with van der Waals surface area (Å²) in [5.74, 6) is 0.0358. The van der Waals surface area contributed by atoms with Gasteiger partial charge in [0.2, 0.25) is 5.43 Å². The number of rotatable bonds is 5. The summed E-state index contributed by atoms with van der Waals surface area (Å²) < 4.78 is 10.7. The maximum atomic E-state index is 12.2. The van der Waals surface area contributed by atoms with Gasteiger partial charge in [0.05, 0.1) is 24.1 Å². The summed E-state index contributed by atoms with van der Waals surface area (Å²) in [6.07, 6.45) is 10.7. The molecule has 9 nitrogen and oxygen atoms in total. The van der Waals surface area contributed by atoms with Gasteiger partial charge in [-0.05, 0) is 23.8 Å². The molecule has 0 N–H and O–H groups in total. The lowest BCUT2D eigenvalue weighted by atomic mass is 10.1. The quantitative estimate of drug-likeness (QED) is 0.440. The molecule has 0 amide bonds. The second-order valence-corrected chi connectivity index (χ2v) is 7.24. The molecule has 0 atom stereocenters. The molecular weight excluding hydrogens is 394 g/mol. The van der Waals surface area contributed by atoms with E-state index in [1.807, 2.05) is 50.9 Å². The number of hydrogen-bond acceptors (Lipinski definition) is 6. The van der Waals surface area contributed by atoms with E-state index in [1.165, 1.54) is 6.07 Å². The van der Waals surface area contributed by atoms with Crippen molar-refractivity contribution in [3.8, 4) is 22.7 Å². The fraction of sp³-hybridized carbons (Fsp3) is 0.136. The van der Waals surface area contributed by atoms with E-state index in [-0.39, 0.29) is 17.9 Å². The smallest absolute Gasteiger partial charge is 0.280 e. The first-order chi connectivity index (χ1) is 15.0. The van der Waals surface area contributed by atoms with Crippen LogP contribution in [-0.4, -0.2) is 34.3 Å². The van der Waals surface area contributed by atoms with Crippen LogP contribution in [0.4, 0.5) is 0 Å². The SMILES string of the molecule is Cn1cc(-c2cnc3ccc(COc4nn(-c5cnn(C)c5)ccc4=O)cc3c2)cn1. The van der Waals surface area contributed by atoms with Gasteiger partial charge in [-0.25, -0.2) is 4.68 Å². The Labute approximate surface area is 177 Å². The van der Waals surface area contributed by atoms with Gasteiger partial charge in [-0.15, -0.1) is 5.10 Å². The fourth-order valence-electron chi connectivity index (χ4n) is 3.31. The van der Waals surface area contributed by atoms with Crippen molar-refractivity contribution in [1.29, 1.82) is 0 Å². The summed E-state index contributed by atoms with van der Waals surface area (Å²) in [5.41, 5.74) is 4.25. The zero-order valence-corrected chi connectivity index (χ0v) is 17.0. The molecule has 5 aromatic rings. The molecule has 0 fully saturated rings. The highest BCUT2D eigenvalue weighted by Gasteiger charge is 2.08. The van der Waals surface area contributed by atoms with Crippen LogP contribution in [0, 0.1) is 0 Å². The van der Waals surface area contributed by atoms with Gasteiger partial charge in [-0.3, -0.25) is 19.1 Å². The number of ether oxygens (including phenoxy) is 1. The van der Waals surface area contributed by atoms with E-state index in [1.54, 1.807) is 32.6 Å². The second kappa shape index (κ2) is 7.52. The Morgan fingerprint density at radius 1 is 0.935 bits per heavy atom. The Balaban J connectivity index is 1.40. The Morgan fingerprint density at radius 2 is 1.77 bits per heavy atom. The van der Waals surface area contributed by atoms with Crippen molar-refractivity contribution >= 4 is 10.9 Å². The van der Waals surface area contributed by atoms with Crippen LogP contribution in [0.3, 0.4) is 0 Å². The van der Waals surface area contributed by atoms with Crippen molar-refractivity contribution < 1.29 is 4.74 Å². The monoisotopic (exact) mass is 413 g/mol. The van der Waals surface area contributed by atoms with Gasteiger partial charge in [-0.2, -0.15) is 10.2 Å². The van der Waals surface area contributed by atoms with Crippen molar-refractivity contribution in [2.75, 3.05) is 0 Å². The zero-order valence-electron chi connectivity index (χ0n) is 17.0. The third-order valence-corrected chi connectivity index (χ3v) is 4.89. The van der Waals surface area contributed by atoms with E-state index in [0.29, 0.717) is 0 Å². The van der Waals surface area contributed by atoms with E-state index in [4.69, 9.17) is 4.74 Å². The molecule has 0 spiro atoms. The van der Waals surface area contributed by atoms with Gasteiger partial charge in [-0.1, -0.05) is 6.07 Å². The van der Waals surface area contributed by atoms with Crippen LogP contribution in [0.15, 0.2) is 72.3 Å². The van der Waals surface area contributed by atoms with E-state index < -0.39 is 0 Å². The maximum Gasteiger partial charge on any atom is 0.280 e. The number of aromatic nitrogens is 7. The third-order valence-electron chi connectivity index (χ3n) is 4.89. The largest absolute Gasteiger partial charge is 0.469 e. The molecule has 9 heteroatoms. The van der Waals surface area contributed by atoms with Crippen LogP contribution in [0.25, 0.3) is 27.7 Å². The number of benzene rings is 1. The van der Waals surface area contributed by atoms with Crippen LogP contribution < -0.4 is 10.2 Å². The van der Waals surface area contributed by atoms with Gasteiger partial charge in [0.1, 0.15) is 12.3 Å². The minimum Gasteiger partial charge on any atom is -0.469 e. The fourth-order valence-corrected chi connectivity index (χ4v) is 3.31. The highest BCUT2D eigenvalue weighted by molar-refractivity contribution is 5.83. The molecule has 0 saturated heterocycles. The molecule has 4 heterocycles. The molecule has 0 aliphatic heterocycles. The summed E-state index contributed by atoms with van der Waals surface area (Å²) in [6.45, 7) is 0.215. The lowest BCUT2D eigenvalue weighted by Crippen LogP contribution is -2.14. The normalized spacial score (nSPS) is 11.2. The molecule has 154 valence electrons. The first kappa shape index (κ1) is 18.7. The summed E-state index contributed by atoms with van der Waals surface area (Å²) in [7, 11) is 3.70. The van der Waals surface area contributed by atoms with Crippen LogP contribution in [0.5, 0.6) is 5.88 Å². The Kier molecular flexibility index (Phi) is 4.55. The van der Waals surface area contributed by atoms with Crippen molar-refractivity contribution in [1.82, 2.24) is 34.3 Å². The maximum absolute atomic E-state index is 12.2. The highest BCUT2D eigenvalue weighted by atomic mass is 16.5. The number of aryl methyl sites for hydroxylation is 2. The molecule has 31 heavy (non-hydrogen) atoms. The first-order valence-electron chi connectivity index (χ1n) is 9.65. The van der Waals surface area contributed by atoms with Gasteiger partial charge in [0, 0.05) is 55.3 Å². The molecule has 0 radical (unpaired) electrons. The topological polar surface area (TPSA) is 92.6 Å². The minimum atomic E-state index is -0.276. The molecular formula is C22H19N7O2. The van der Waals surface area contributed by atoms with Gasteiger partial charge in [0.25, 0.3) is 5.88 Å². The number of nitrogens with zero attached hydrogens (tertiary/aromatic N) is 7. The molecule has 0 saturated carbocycles. The van der Waals surface area contributed by atoms with Gasteiger partial charge < -0.3 is 4.74 Å². The third kappa shape index (κ3) is 3.80. The van der Waals surface area contributed by atoms with Crippen LogP contribution >= 0.6 is 0 Å². The molecule has 1 aromatic carbocycles. The lowest BCUT2D eigenvalue weighted by Gasteiger charge is -2.08. The van der Waals surface area contributed by atoms with Crippen LogP contribution in [-0.2, 0) is 20.7 Å². The average Bonchev–Trinajstić information content (AvgIpc) is 3.41. The average molecular weight is 413 g/mol. The number of hydrogen-bond donors (Lipinski definition) is 0. The van der Waals surface area contributed by atoms with Crippen molar-refractivity contribution in [2.24, 2.45) is 14.1 Å². The van der Waals surface area contributed by atoms with E-state index in [2.05, 4.69) is 26.3 Å². The zero-order chi connectivity index (χ0) is 21.4. The lowest BCUT2D eigenvalue weighted by molar-refractivity contribution is 0.284. The molecule has 0 aliphatic carbocycles. The van der Waals surface area contributed by atoms with E-state index in [9.17, 15) is 4.79 Å². The standard InChI is InChI=1S/C22H19N7O2/c1-27-12-18(10-24-27)17-8-16-7-15(3-4-20(16)23-9-17)14-31-22-21(30)5-6-29(26-22)19-11-25-28(2)13-19/h3-13H,14H2,1-2H3. The van der Waals surface area contributed by atoms with E-state index >= 15 is 0 Å². The highest BCUT2D eigenvalue weighted by Crippen LogP contribution is 2.23. The van der Waals surface area contributed by atoms with Crippen LogP contribution in [0.2, 0.25) is 0 Å². The summed E-state index contributed by atoms with van der Waals surface area (Å²) in [6, 6.07) is 9.37. The first-order valence-corrected chi connectivity index (χ1v) is 9.65. The predicted octanol–water partition coefficient (Wildman–Crippen LogP) is 2.49. The summed E-state index contributed by atoms with van der Waals surface area (Å²) in [4.78, 5) is 16.7. The minimum absolute atomic E-state index is 0.0358. The van der Waals surface area contributed by atoms with Crippen molar-refractivity contribution in [2.45, 2.75) is 6.61 Å². The van der Waals surface area contributed by atoms with Crippen molar-refractivity contribution in [3.63, 3.8) is 0 Å². The van der Waals surface area contributed by atoms with Crippen molar-refractivity contribution in [3.05, 3.63) is 83.3 Å². The second-order valence-electron chi connectivity index (χ2n) is 7.24. The number of fused-ring (bicyclic) bond motifs is 1. The Hall–Kier alpha value is -4.27. The molecule has 0 bridgehead atoms. The molecule has 0 unspecified atom stereocenters. The molecule has 5 rings (SSSR count).